The highest BCUT2D eigenvalue weighted by molar-refractivity contribution is 5.57. The average molecular weight is 239 g/mol. The van der Waals surface area contributed by atoms with Gasteiger partial charge in [0.1, 0.15) is 12.5 Å². The van der Waals surface area contributed by atoms with Crippen LogP contribution in [-0.2, 0) is 0 Å². The number of hydrazone groups is 1. The molecule has 1 rings (SSSR count). The highest BCUT2D eigenvalue weighted by atomic mass is 15.6. The first-order valence-corrected chi connectivity index (χ1v) is 7.00. The summed E-state index contributed by atoms with van der Waals surface area (Å²) in [6.45, 7) is 13.5. The lowest BCUT2D eigenvalue weighted by molar-refractivity contribution is 0.120. The SMILES string of the molecule is CCCCCCN1N=CN(CC(C)(C)C)C1C. The van der Waals surface area contributed by atoms with E-state index < -0.39 is 0 Å². The molecule has 1 heterocycles. The molecule has 1 unspecified atom stereocenters. The van der Waals surface area contributed by atoms with E-state index in [-0.39, 0.29) is 0 Å². The second kappa shape index (κ2) is 6.27. The molecule has 0 aromatic rings. The van der Waals surface area contributed by atoms with Crippen molar-refractivity contribution in [3.05, 3.63) is 0 Å². The summed E-state index contributed by atoms with van der Waals surface area (Å²) >= 11 is 0. The number of unbranched alkanes of at least 4 members (excludes halogenated alkanes) is 3. The first kappa shape index (κ1) is 14.3. The maximum Gasteiger partial charge on any atom is 0.116 e. The maximum atomic E-state index is 4.51. The van der Waals surface area contributed by atoms with Crippen LogP contribution in [0.3, 0.4) is 0 Å². The lowest BCUT2D eigenvalue weighted by atomic mass is 9.96. The maximum absolute atomic E-state index is 4.51. The molecule has 0 saturated carbocycles. The quantitative estimate of drug-likeness (QED) is 0.660. The van der Waals surface area contributed by atoms with Gasteiger partial charge in [0.2, 0.25) is 0 Å². The Labute approximate surface area is 107 Å². The van der Waals surface area contributed by atoms with Gasteiger partial charge in [-0.05, 0) is 18.8 Å². The second-order valence-electron chi connectivity index (χ2n) is 6.32. The van der Waals surface area contributed by atoms with Gasteiger partial charge in [0.05, 0.1) is 0 Å². The minimum atomic E-state index is 0.332. The monoisotopic (exact) mass is 239 g/mol. The summed E-state index contributed by atoms with van der Waals surface area (Å²) in [7, 11) is 0. The fourth-order valence-electron chi connectivity index (χ4n) is 2.16. The van der Waals surface area contributed by atoms with Crippen LogP contribution >= 0.6 is 0 Å². The predicted molar refractivity (Wildman–Crippen MR) is 75.0 cm³/mol. The zero-order valence-corrected chi connectivity index (χ0v) is 12.2. The summed E-state index contributed by atoms with van der Waals surface area (Å²) in [4.78, 5) is 2.35. The third-order valence-electron chi connectivity index (χ3n) is 3.16. The van der Waals surface area contributed by atoms with Crippen molar-refractivity contribution in [1.29, 1.82) is 0 Å². The summed E-state index contributed by atoms with van der Waals surface area (Å²) in [5, 5.41) is 6.74. The lowest BCUT2D eigenvalue weighted by Gasteiger charge is -2.32. The summed E-state index contributed by atoms with van der Waals surface area (Å²) in [5.41, 5.74) is 0.332. The molecule has 0 radical (unpaired) electrons. The molecular weight excluding hydrogens is 210 g/mol. The van der Waals surface area contributed by atoms with Gasteiger partial charge in [-0.3, -0.25) is 5.01 Å². The van der Waals surface area contributed by atoms with E-state index in [2.05, 4.69) is 49.6 Å². The van der Waals surface area contributed by atoms with Crippen molar-refractivity contribution in [3.8, 4) is 0 Å². The third kappa shape index (κ3) is 4.97. The van der Waals surface area contributed by atoms with Crippen molar-refractivity contribution >= 4 is 6.34 Å². The van der Waals surface area contributed by atoms with Gasteiger partial charge in [0.25, 0.3) is 0 Å². The van der Waals surface area contributed by atoms with Crippen LogP contribution in [0.1, 0.15) is 60.3 Å². The zero-order valence-electron chi connectivity index (χ0n) is 12.2. The minimum Gasteiger partial charge on any atom is -0.339 e. The van der Waals surface area contributed by atoms with E-state index in [0.29, 0.717) is 11.6 Å². The Morgan fingerprint density at radius 1 is 1.18 bits per heavy atom. The van der Waals surface area contributed by atoms with Crippen molar-refractivity contribution in [2.75, 3.05) is 13.1 Å². The van der Waals surface area contributed by atoms with Crippen molar-refractivity contribution < 1.29 is 0 Å². The van der Waals surface area contributed by atoms with E-state index in [1.165, 1.54) is 25.7 Å². The predicted octanol–water partition coefficient (Wildman–Crippen LogP) is 3.52. The van der Waals surface area contributed by atoms with Crippen molar-refractivity contribution in [2.45, 2.75) is 66.5 Å². The Kier molecular flexibility index (Phi) is 5.29. The van der Waals surface area contributed by atoms with E-state index in [1.807, 2.05) is 6.34 Å². The molecule has 1 aliphatic heterocycles. The fraction of sp³-hybridized carbons (Fsp3) is 0.929. The lowest BCUT2D eigenvalue weighted by Crippen LogP contribution is -2.41. The van der Waals surface area contributed by atoms with Crippen LogP contribution in [0.15, 0.2) is 5.10 Å². The van der Waals surface area contributed by atoms with E-state index in [4.69, 9.17) is 0 Å². The molecule has 1 atom stereocenters. The molecule has 3 nitrogen and oxygen atoms in total. The van der Waals surface area contributed by atoms with Gasteiger partial charge in [-0.15, -0.1) is 0 Å². The van der Waals surface area contributed by atoms with Crippen LogP contribution in [-0.4, -0.2) is 35.5 Å². The van der Waals surface area contributed by atoms with Gasteiger partial charge >= 0.3 is 0 Å². The highest BCUT2D eigenvalue weighted by Crippen LogP contribution is 2.20. The Hall–Kier alpha value is -0.730. The van der Waals surface area contributed by atoms with E-state index in [1.54, 1.807) is 0 Å². The molecule has 0 aliphatic carbocycles. The van der Waals surface area contributed by atoms with E-state index in [9.17, 15) is 0 Å². The van der Waals surface area contributed by atoms with Gasteiger partial charge in [0, 0.05) is 13.1 Å². The third-order valence-corrected chi connectivity index (χ3v) is 3.16. The smallest absolute Gasteiger partial charge is 0.116 e. The van der Waals surface area contributed by atoms with Crippen LogP contribution < -0.4 is 0 Å². The fourth-order valence-corrected chi connectivity index (χ4v) is 2.16. The molecule has 0 aromatic heterocycles. The summed E-state index contributed by atoms with van der Waals surface area (Å²) in [6.07, 6.45) is 7.67. The molecule has 1 aliphatic rings. The van der Waals surface area contributed by atoms with E-state index >= 15 is 0 Å². The van der Waals surface area contributed by atoms with Crippen LogP contribution in [0.4, 0.5) is 0 Å². The van der Waals surface area contributed by atoms with Gasteiger partial charge in [0.15, 0.2) is 0 Å². The largest absolute Gasteiger partial charge is 0.339 e. The molecule has 0 fully saturated rings. The van der Waals surface area contributed by atoms with Gasteiger partial charge < -0.3 is 4.90 Å². The zero-order chi connectivity index (χ0) is 12.9. The summed E-state index contributed by atoms with van der Waals surface area (Å²) in [5.74, 6) is 0. The summed E-state index contributed by atoms with van der Waals surface area (Å²) < 4.78 is 0. The van der Waals surface area contributed by atoms with Crippen LogP contribution in [0, 0.1) is 5.41 Å². The van der Waals surface area contributed by atoms with E-state index in [0.717, 1.165) is 13.1 Å². The molecule has 17 heavy (non-hydrogen) atoms. The first-order valence-electron chi connectivity index (χ1n) is 7.00. The average Bonchev–Trinajstić information content (AvgIpc) is 2.54. The Morgan fingerprint density at radius 3 is 2.47 bits per heavy atom. The Balaban J connectivity index is 2.30. The molecule has 0 amide bonds. The molecule has 0 saturated heterocycles. The highest BCUT2D eigenvalue weighted by Gasteiger charge is 2.26. The van der Waals surface area contributed by atoms with Gasteiger partial charge in [-0.1, -0.05) is 47.0 Å². The first-order chi connectivity index (χ1) is 7.94. The number of hydrogen-bond donors (Lipinski definition) is 0. The molecule has 0 bridgehead atoms. The van der Waals surface area contributed by atoms with Crippen LogP contribution in [0.5, 0.6) is 0 Å². The Morgan fingerprint density at radius 2 is 1.88 bits per heavy atom. The van der Waals surface area contributed by atoms with Crippen LogP contribution in [0.25, 0.3) is 0 Å². The molecule has 0 N–H and O–H groups in total. The number of rotatable bonds is 6. The van der Waals surface area contributed by atoms with Crippen molar-refractivity contribution in [1.82, 2.24) is 9.91 Å². The second-order valence-corrected chi connectivity index (χ2v) is 6.32. The molecule has 0 aromatic carbocycles. The summed E-state index contributed by atoms with van der Waals surface area (Å²) in [6, 6.07) is 0. The molecule has 0 spiro atoms. The number of nitrogens with zero attached hydrogens (tertiary/aromatic N) is 3. The van der Waals surface area contributed by atoms with Crippen molar-refractivity contribution in [3.63, 3.8) is 0 Å². The minimum absolute atomic E-state index is 0.332. The standard InChI is InChI=1S/C14H29N3/c1-6-7-8-9-10-17-13(2)16(12-15-17)11-14(3,4)5/h12-13H,6-11H2,1-5H3. The number of hydrogen-bond acceptors (Lipinski definition) is 3. The van der Waals surface area contributed by atoms with Gasteiger partial charge in [-0.25, -0.2) is 0 Å². The molecule has 100 valence electrons. The van der Waals surface area contributed by atoms with Gasteiger partial charge in [-0.2, -0.15) is 5.10 Å². The molecular formula is C14H29N3. The van der Waals surface area contributed by atoms with Crippen LogP contribution in [0.2, 0.25) is 0 Å². The topological polar surface area (TPSA) is 18.8 Å². The normalized spacial score (nSPS) is 20.4. The van der Waals surface area contributed by atoms with Crippen molar-refractivity contribution in [2.24, 2.45) is 10.5 Å². The Bertz CT molecular complexity index is 242. The molecule has 3 heteroatoms.